The fraction of sp³-hybridized carbons (Fsp3) is 0.400. The van der Waals surface area contributed by atoms with Crippen molar-refractivity contribution in [3.63, 3.8) is 0 Å². The molecule has 0 aromatic heterocycles. The standard InChI is InChI=1S/C10H12N2O3/c1-10(13)6-11(7-10)8-4-2-3-5-9(8)12(14)15/h2-5,13H,6-7H2,1H3. The van der Waals surface area contributed by atoms with E-state index in [2.05, 4.69) is 0 Å². The fourth-order valence-electron chi connectivity index (χ4n) is 1.83. The molecule has 15 heavy (non-hydrogen) atoms. The number of anilines is 1. The Labute approximate surface area is 87.1 Å². The van der Waals surface area contributed by atoms with Crippen LogP contribution in [0, 0.1) is 10.1 Å². The summed E-state index contributed by atoms with van der Waals surface area (Å²) >= 11 is 0. The molecule has 0 radical (unpaired) electrons. The summed E-state index contributed by atoms with van der Waals surface area (Å²) in [7, 11) is 0. The third kappa shape index (κ3) is 1.78. The van der Waals surface area contributed by atoms with E-state index in [0.29, 0.717) is 18.8 Å². The normalized spacial score (nSPS) is 18.4. The van der Waals surface area contributed by atoms with E-state index in [9.17, 15) is 15.2 Å². The highest BCUT2D eigenvalue weighted by atomic mass is 16.6. The van der Waals surface area contributed by atoms with Crippen molar-refractivity contribution in [2.75, 3.05) is 18.0 Å². The number of nitro benzene ring substituents is 1. The third-order valence-electron chi connectivity index (χ3n) is 2.48. The molecule has 1 aromatic rings. The van der Waals surface area contributed by atoms with Crippen LogP contribution < -0.4 is 4.90 Å². The van der Waals surface area contributed by atoms with Crippen molar-refractivity contribution >= 4 is 11.4 Å². The summed E-state index contributed by atoms with van der Waals surface area (Å²) in [4.78, 5) is 12.1. The Balaban J connectivity index is 2.26. The first-order valence-corrected chi connectivity index (χ1v) is 4.70. The summed E-state index contributed by atoms with van der Waals surface area (Å²) < 4.78 is 0. The Bertz CT molecular complexity index is 395. The minimum absolute atomic E-state index is 0.0907. The van der Waals surface area contributed by atoms with Gasteiger partial charge in [-0.05, 0) is 13.0 Å². The van der Waals surface area contributed by atoms with Crippen LogP contribution in [-0.2, 0) is 0 Å². The molecular weight excluding hydrogens is 196 g/mol. The van der Waals surface area contributed by atoms with Crippen molar-refractivity contribution in [1.29, 1.82) is 0 Å². The van der Waals surface area contributed by atoms with Crippen LogP contribution in [0.15, 0.2) is 24.3 Å². The van der Waals surface area contributed by atoms with E-state index >= 15 is 0 Å². The molecule has 5 heteroatoms. The number of hydrogen-bond acceptors (Lipinski definition) is 4. The molecule has 0 atom stereocenters. The van der Waals surface area contributed by atoms with Gasteiger partial charge in [0.15, 0.2) is 0 Å². The van der Waals surface area contributed by atoms with E-state index in [-0.39, 0.29) is 5.69 Å². The number of nitrogens with zero attached hydrogens (tertiary/aromatic N) is 2. The van der Waals surface area contributed by atoms with E-state index in [4.69, 9.17) is 0 Å². The number of hydrogen-bond donors (Lipinski definition) is 1. The molecule has 0 bridgehead atoms. The SMILES string of the molecule is CC1(O)CN(c2ccccc2[N+](=O)[O-])C1. The topological polar surface area (TPSA) is 66.6 Å². The molecule has 0 unspecified atom stereocenters. The van der Waals surface area contributed by atoms with E-state index in [1.54, 1.807) is 30.0 Å². The number of nitro groups is 1. The molecule has 0 saturated carbocycles. The Morgan fingerprint density at radius 3 is 2.60 bits per heavy atom. The van der Waals surface area contributed by atoms with E-state index < -0.39 is 10.5 Å². The summed E-state index contributed by atoms with van der Waals surface area (Å²) in [5.41, 5.74) is -0.0500. The molecule has 1 fully saturated rings. The highest BCUT2D eigenvalue weighted by Crippen LogP contribution is 2.33. The number of rotatable bonds is 2. The van der Waals surface area contributed by atoms with E-state index in [1.165, 1.54) is 6.07 Å². The molecule has 1 heterocycles. The quantitative estimate of drug-likeness (QED) is 0.585. The summed E-state index contributed by atoms with van der Waals surface area (Å²) in [6.07, 6.45) is 0. The van der Waals surface area contributed by atoms with Crippen LogP contribution in [0.5, 0.6) is 0 Å². The van der Waals surface area contributed by atoms with Gasteiger partial charge >= 0.3 is 0 Å². The Morgan fingerprint density at radius 1 is 1.47 bits per heavy atom. The van der Waals surface area contributed by atoms with Gasteiger partial charge in [0.1, 0.15) is 5.69 Å². The zero-order valence-corrected chi connectivity index (χ0v) is 8.38. The predicted molar refractivity (Wildman–Crippen MR) is 55.9 cm³/mol. The zero-order valence-electron chi connectivity index (χ0n) is 8.38. The number of para-hydroxylation sites is 2. The maximum Gasteiger partial charge on any atom is 0.292 e. The first kappa shape index (κ1) is 9.92. The van der Waals surface area contributed by atoms with Crippen LogP contribution >= 0.6 is 0 Å². The van der Waals surface area contributed by atoms with Crippen molar-refractivity contribution in [2.45, 2.75) is 12.5 Å². The highest BCUT2D eigenvalue weighted by Gasteiger charge is 2.38. The monoisotopic (exact) mass is 208 g/mol. The van der Waals surface area contributed by atoms with Crippen LogP contribution in [0.1, 0.15) is 6.92 Å². The molecule has 1 saturated heterocycles. The van der Waals surface area contributed by atoms with Crippen molar-refractivity contribution in [3.05, 3.63) is 34.4 Å². The molecule has 1 aromatic carbocycles. The predicted octanol–water partition coefficient (Wildman–Crippen LogP) is 1.17. The molecule has 1 N–H and O–H groups in total. The van der Waals surface area contributed by atoms with Gasteiger partial charge in [0.2, 0.25) is 0 Å². The van der Waals surface area contributed by atoms with Crippen LogP contribution in [-0.4, -0.2) is 28.7 Å². The Kier molecular flexibility index (Phi) is 2.12. The van der Waals surface area contributed by atoms with Gasteiger partial charge in [-0.2, -0.15) is 0 Å². The van der Waals surface area contributed by atoms with Crippen molar-refractivity contribution < 1.29 is 10.0 Å². The lowest BCUT2D eigenvalue weighted by atomic mass is 9.96. The Morgan fingerprint density at radius 2 is 2.07 bits per heavy atom. The molecule has 1 aliphatic heterocycles. The average molecular weight is 208 g/mol. The van der Waals surface area contributed by atoms with Gasteiger partial charge in [-0.3, -0.25) is 10.1 Å². The summed E-state index contributed by atoms with van der Waals surface area (Å²) in [5.74, 6) is 0. The lowest BCUT2D eigenvalue weighted by Crippen LogP contribution is -2.60. The first-order valence-electron chi connectivity index (χ1n) is 4.70. The number of benzene rings is 1. The largest absolute Gasteiger partial charge is 0.386 e. The van der Waals surface area contributed by atoms with Gasteiger partial charge < -0.3 is 10.0 Å². The first-order chi connectivity index (χ1) is 6.99. The highest BCUT2D eigenvalue weighted by molar-refractivity contribution is 5.65. The third-order valence-corrected chi connectivity index (χ3v) is 2.48. The van der Waals surface area contributed by atoms with Gasteiger partial charge in [0.25, 0.3) is 5.69 Å². The summed E-state index contributed by atoms with van der Waals surface area (Å²) in [5, 5.41) is 20.3. The molecule has 0 aliphatic carbocycles. The maximum absolute atomic E-state index is 10.7. The van der Waals surface area contributed by atoms with Gasteiger partial charge in [-0.15, -0.1) is 0 Å². The molecule has 2 rings (SSSR count). The second-order valence-corrected chi connectivity index (χ2v) is 4.10. The van der Waals surface area contributed by atoms with Crippen LogP contribution in [0.2, 0.25) is 0 Å². The molecule has 5 nitrogen and oxygen atoms in total. The Hall–Kier alpha value is -1.62. The second-order valence-electron chi connectivity index (χ2n) is 4.10. The van der Waals surface area contributed by atoms with Gasteiger partial charge in [-0.1, -0.05) is 12.1 Å². The van der Waals surface area contributed by atoms with E-state index in [0.717, 1.165) is 0 Å². The average Bonchev–Trinajstić information content (AvgIpc) is 2.14. The molecule has 80 valence electrons. The molecule has 0 amide bonds. The lowest BCUT2D eigenvalue weighted by molar-refractivity contribution is -0.384. The minimum Gasteiger partial charge on any atom is -0.386 e. The summed E-state index contributed by atoms with van der Waals surface area (Å²) in [6.45, 7) is 2.61. The molecular formula is C10H12N2O3. The minimum atomic E-state index is -0.719. The smallest absolute Gasteiger partial charge is 0.292 e. The lowest BCUT2D eigenvalue weighted by Gasteiger charge is -2.45. The van der Waals surface area contributed by atoms with Gasteiger partial charge in [0, 0.05) is 19.2 Å². The van der Waals surface area contributed by atoms with Crippen molar-refractivity contribution in [1.82, 2.24) is 0 Å². The molecule has 0 spiro atoms. The number of β-amino-alcohol motifs (C(OH)–C–C–N with tert-alkyl or cyclic N) is 1. The fourth-order valence-corrected chi connectivity index (χ4v) is 1.83. The van der Waals surface area contributed by atoms with Crippen molar-refractivity contribution in [2.24, 2.45) is 0 Å². The van der Waals surface area contributed by atoms with Gasteiger partial charge in [0.05, 0.1) is 10.5 Å². The summed E-state index contributed by atoms with van der Waals surface area (Å²) in [6, 6.07) is 6.57. The van der Waals surface area contributed by atoms with E-state index in [1.807, 2.05) is 0 Å². The zero-order chi connectivity index (χ0) is 11.1. The second kappa shape index (κ2) is 3.20. The maximum atomic E-state index is 10.7. The van der Waals surface area contributed by atoms with Crippen LogP contribution in [0.3, 0.4) is 0 Å². The van der Waals surface area contributed by atoms with Crippen LogP contribution in [0.4, 0.5) is 11.4 Å². The van der Waals surface area contributed by atoms with Crippen LogP contribution in [0.25, 0.3) is 0 Å². The van der Waals surface area contributed by atoms with Crippen molar-refractivity contribution in [3.8, 4) is 0 Å². The molecule has 1 aliphatic rings. The van der Waals surface area contributed by atoms with Gasteiger partial charge in [-0.25, -0.2) is 0 Å². The number of aliphatic hydroxyl groups is 1.